The molecule has 2 aliphatic heterocycles. The highest BCUT2D eigenvalue weighted by Crippen LogP contribution is 2.33. The molecule has 30 heavy (non-hydrogen) atoms. The lowest BCUT2D eigenvalue weighted by molar-refractivity contribution is -0.165. The van der Waals surface area contributed by atoms with Gasteiger partial charge in [-0.05, 0) is 55.7 Å². The molecule has 2 rings (SSSR count). The Hall–Kier alpha value is -1.26. The Labute approximate surface area is 189 Å². The molecule has 2 aliphatic rings. The predicted molar refractivity (Wildman–Crippen MR) is 126 cm³/mol. The highest BCUT2D eigenvalue weighted by Gasteiger charge is 2.45. The van der Waals surface area contributed by atoms with E-state index >= 15 is 0 Å². The molecule has 0 radical (unpaired) electrons. The second-order valence-corrected chi connectivity index (χ2v) is 9.77. The highest BCUT2D eigenvalue weighted by atomic mass is 35.5. The fourth-order valence-corrected chi connectivity index (χ4v) is 3.77. The Bertz CT molecular complexity index is 593. The third-order valence-electron chi connectivity index (χ3n) is 5.49. The summed E-state index contributed by atoms with van der Waals surface area (Å²) in [6, 6.07) is 0. The molecule has 0 bridgehead atoms. The van der Waals surface area contributed by atoms with Gasteiger partial charge in [0.2, 0.25) is 0 Å². The summed E-state index contributed by atoms with van der Waals surface area (Å²) in [6.07, 6.45) is 8.59. The minimum absolute atomic E-state index is 0.0976. The van der Waals surface area contributed by atoms with Crippen LogP contribution in [-0.2, 0) is 14.3 Å². The van der Waals surface area contributed by atoms with E-state index in [2.05, 4.69) is 41.2 Å². The Kier molecular flexibility index (Phi) is 11.8. The fourth-order valence-electron chi connectivity index (χ4n) is 3.71. The van der Waals surface area contributed by atoms with Gasteiger partial charge in [-0.15, -0.1) is 0 Å². The zero-order valence-electron chi connectivity index (χ0n) is 19.9. The number of rotatable bonds is 6. The third-order valence-corrected chi connectivity index (χ3v) is 5.61. The topological polar surface area (TPSA) is 38.8 Å². The summed E-state index contributed by atoms with van der Waals surface area (Å²) in [5, 5.41) is 0.427. The number of nitrogens with zero attached hydrogens (tertiary/aromatic N) is 1. The smallest absolute Gasteiger partial charge is 0.266 e. The first kappa shape index (κ1) is 26.8. The Morgan fingerprint density at radius 3 is 2.10 bits per heavy atom. The first-order chi connectivity index (χ1) is 14.1. The van der Waals surface area contributed by atoms with Gasteiger partial charge in [0.15, 0.2) is 5.60 Å². The molecule has 0 N–H and O–H groups in total. The molecule has 2 heterocycles. The van der Waals surface area contributed by atoms with Gasteiger partial charge in [0, 0.05) is 31.0 Å². The molecule has 0 unspecified atom stereocenters. The number of hydrogen-bond donors (Lipinski definition) is 0. The van der Waals surface area contributed by atoms with E-state index in [-0.39, 0.29) is 5.91 Å². The van der Waals surface area contributed by atoms with Crippen molar-refractivity contribution >= 4 is 17.5 Å². The molecule has 0 aromatic carbocycles. The van der Waals surface area contributed by atoms with Gasteiger partial charge in [0.05, 0.1) is 13.2 Å². The number of carbonyl (C=O) groups is 1. The molecule has 0 spiro atoms. The second-order valence-electron chi connectivity index (χ2n) is 9.29. The van der Waals surface area contributed by atoms with Crippen molar-refractivity contribution in [3.8, 4) is 0 Å². The van der Waals surface area contributed by atoms with Gasteiger partial charge in [0.25, 0.3) is 5.91 Å². The van der Waals surface area contributed by atoms with Crippen LogP contribution in [0.2, 0.25) is 0 Å². The Morgan fingerprint density at radius 1 is 1.13 bits per heavy atom. The molecule has 0 aliphatic carbocycles. The van der Waals surface area contributed by atoms with E-state index in [0.717, 1.165) is 31.8 Å². The monoisotopic (exact) mass is 439 g/mol. The molecular weight excluding hydrogens is 398 g/mol. The van der Waals surface area contributed by atoms with Crippen molar-refractivity contribution in [2.45, 2.75) is 72.8 Å². The molecule has 0 aromatic rings. The quantitative estimate of drug-likeness (QED) is 0.359. The summed E-state index contributed by atoms with van der Waals surface area (Å²) in [5.41, 5.74) is -0.844. The third kappa shape index (κ3) is 8.85. The first-order valence-electron chi connectivity index (χ1n) is 11.4. The zero-order chi connectivity index (χ0) is 22.7. The molecule has 4 nitrogen and oxygen atoms in total. The largest absolute Gasteiger partial charge is 0.478 e. The number of piperidine rings is 1. The van der Waals surface area contributed by atoms with Crippen LogP contribution in [0.25, 0.3) is 0 Å². The van der Waals surface area contributed by atoms with Crippen molar-refractivity contribution in [2.75, 3.05) is 26.3 Å². The van der Waals surface area contributed by atoms with E-state index in [9.17, 15) is 4.79 Å². The first-order valence-corrected chi connectivity index (χ1v) is 11.7. The van der Waals surface area contributed by atoms with E-state index in [1.807, 2.05) is 17.9 Å². The summed E-state index contributed by atoms with van der Waals surface area (Å²) in [4.78, 5) is 15.4. The molecule has 2 fully saturated rings. The SMILES string of the molecule is C=C(Cl)/C=C\C(=C/C)OC1(C(=O)N2CCC(C(C)C)CC2)CCOCC1.CC(C)C. The summed E-state index contributed by atoms with van der Waals surface area (Å²) < 4.78 is 11.8. The normalized spacial score (nSPS) is 20.3. The minimum atomic E-state index is -0.844. The number of hydrogen-bond acceptors (Lipinski definition) is 3. The van der Waals surface area contributed by atoms with Gasteiger partial charge in [-0.25, -0.2) is 0 Å². The lowest BCUT2D eigenvalue weighted by atomic mass is 9.85. The zero-order valence-corrected chi connectivity index (χ0v) is 20.6. The van der Waals surface area contributed by atoms with Crippen molar-refractivity contribution in [1.82, 2.24) is 4.90 Å². The van der Waals surface area contributed by atoms with Crippen molar-refractivity contribution in [1.29, 1.82) is 0 Å². The maximum absolute atomic E-state index is 13.4. The molecule has 0 atom stereocenters. The van der Waals surface area contributed by atoms with Gasteiger partial charge in [-0.3, -0.25) is 4.79 Å². The summed E-state index contributed by atoms with van der Waals surface area (Å²) >= 11 is 5.82. The second kappa shape index (κ2) is 13.2. The summed E-state index contributed by atoms with van der Waals surface area (Å²) in [7, 11) is 0. The number of amides is 1. The van der Waals surface area contributed by atoms with Crippen molar-refractivity contribution < 1.29 is 14.3 Å². The summed E-state index contributed by atoms with van der Waals surface area (Å²) in [6.45, 7) is 19.3. The minimum Gasteiger partial charge on any atom is -0.478 e. The van der Waals surface area contributed by atoms with Crippen LogP contribution in [0.5, 0.6) is 0 Å². The lowest BCUT2D eigenvalue weighted by Gasteiger charge is -2.42. The number of carbonyl (C=O) groups excluding carboxylic acids is 1. The van der Waals surface area contributed by atoms with Gasteiger partial charge >= 0.3 is 0 Å². The van der Waals surface area contributed by atoms with Crippen molar-refractivity contribution in [2.24, 2.45) is 17.8 Å². The van der Waals surface area contributed by atoms with Crippen LogP contribution in [0.1, 0.15) is 67.2 Å². The number of likely N-dealkylation sites (tertiary alicyclic amines) is 1. The maximum Gasteiger partial charge on any atom is 0.266 e. The van der Waals surface area contributed by atoms with Crippen LogP contribution in [0.15, 0.2) is 35.6 Å². The molecule has 0 aromatic heterocycles. The van der Waals surface area contributed by atoms with E-state index < -0.39 is 5.60 Å². The standard InChI is InChI=1S/C21H32ClNO3.C4H10/c1-5-19(7-6-17(4)22)26-21(10-14-25-15-11-21)20(24)23-12-8-18(9-13-23)16(2)3;1-4(2)3/h5-7,16,18H,4,8-15H2,1-3H3;4H,1-3H3/b7-6-,19-5+;. The van der Waals surface area contributed by atoms with Crippen LogP contribution in [0.3, 0.4) is 0 Å². The lowest BCUT2D eigenvalue weighted by Crippen LogP contribution is -2.55. The number of halogens is 1. The predicted octanol–water partition coefficient (Wildman–Crippen LogP) is 6.32. The molecule has 0 saturated carbocycles. The van der Waals surface area contributed by atoms with Gasteiger partial charge in [0.1, 0.15) is 5.76 Å². The van der Waals surface area contributed by atoms with E-state index in [1.165, 1.54) is 0 Å². The van der Waals surface area contributed by atoms with Crippen LogP contribution in [0.4, 0.5) is 0 Å². The number of allylic oxidation sites excluding steroid dienone is 4. The summed E-state index contributed by atoms with van der Waals surface area (Å²) in [5.74, 6) is 2.94. The fraction of sp³-hybridized carbons (Fsp3) is 0.720. The van der Waals surface area contributed by atoms with Crippen LogP contribution >= 0.6 is 11.6 Å². The van der Waals surface area contributed by atoms with Crippen LogP contribution in [0, 0.1) is 17.8 Å². The highest BCUT2D eigenvalue weighted by molar-refractivity contribution is 6.30. The molecule has 1 amide bonds. The van der Waals surface area contributed by atoms with Crippen LogP contribution < -0.4 is 0 Å². The van der Waals surface area contributed by atoms with E-state index in [1.54, 1.807) is 12.2 Å². The van der Waals surface area contributed by atoms with Crippen LogP contribution in [-0.4, -0.2) is 42.7 Å². The van der Waals surface area contributed by atoms with E-state index in [4.69, 9.17) is 21.1 Å². The average Bonchev–Trinajstić information content (AvgIpc) is 2.70. The van der Waals surface area contributed by atoms with Crippen molar-refractivity contribution in [3.63, 3.8) is 0 Å². The van der Waals surface area contributed by atoms with Gasteiger partial charge in [-0.2, -0.15) is 0 Å². The molecule has 5 heteroatoms. The Morgan fingerprint density at radius 2 is 1.67 bits per heavy atom. The van der Waals surface area contributed by atoms with Gasteiger partial charge < -0.3 is 14.4 Å². The van der Waals surface area contributed by atoms with Gasteiger partial charge in [-0.1, -0.05) is 52.8 Å². The van der Waals surface area contributed by atoms with Crippen molar-refractivity contribution in [3.05, 3.63) is 35.6 Å². The number of ether oxygens (including phenoxy) is 2. The molecule has 172 valence electrons. The maximum atomic E-state index is 13.4. The average molecular weight is 440 g/mol. The van der Waals surface area contributed by atoms with E-state index in [0.29, 0.717) is 48.7 Å². The Balaban J connectivity index is 0.00000103. The molecular formula is C25H42ClNO3. The molecule has 2 saturated heterocycles.